The molecule has 0 atom stereocenters. The Morgan fingerprint density at radius 3 is 2.50 bits per heavy atom. The first kappa shape index (κ1) is 15.8. The first-order valence-corrected chi connectivity index (χ1v) is 8.16. The Labute approximate surface area is 123 Å². The Hall–Kier alpha value is -0.610. The maximum atomic E-state index is 12.5. The molecule has 1 aliphatic carbocycles. The van der Waals surface area contributed by atoms with Gasteiger partial charge in [-0.25, -0.2) is 0 Å². The zero-order valence-electron chi connectivity index (χ0n) is 13.1. The van der Waals surface area contributed by atoms with Crippen LogP contribution in [0.25, 0.3) is 0 Å². The molecule has 1 heterocycles. The van der Waals surface area contributed by atoms with Crippen molar-refractivity contribution in [2.24, 2.45) is 5.92 Å². The quantitative estimate of drug-likeness (QED) is 0.840. The van der Waals surface area contributed by atoms with E-state index in [9.17, 15) is 4.79 Å². The Kier molecular flexibility index (Phi) is 5.85. The van der Waals surface area contributed by atoms with Gasteiger partial charge in [0, 0.05) is 38.8 Å². The monoisotopic (exact) mass is 282 g/mol. The van der Waals surface area contributed by atoms with Crippen molar-refractivity contribution in [3.05, 3.63) is 0 Å². The van der Waals surface area contributed by atoms with Gasteiger partial charge in [-0.05, 0) is 38.6 Å². The van der Waals surface area contributed by atoms with Crippen LogP contribution in [0.5, 0.6) is 0 Å². The summed E-state index contributed by atoms with van der Waals surface area (Å²) in [5, 5.41) is 3.44. The standard InChI is InChI=1S/C16H30N2O2/c1-17-16(8-4-3-5-9-16)12-15(19)18(2)13-14-6-10-20-11-7-14/h14,17H,3-13H2,1-2H3. The van der Waals surface area contributed by atoms with Crippen molar-refractivity contribution in [3.63, 3.8) is 0 Å². The maximum Gasteiger partial charge on any atom is 0.224 e. The van der Waals surface area contributed by atoms with Gasteiger partial charge in [0.15, 0.2) is 0 Å². The highest BCUT2D eigenvalue weighted by molar-refractivity contribution is 5.77. The van der Waals surface area contributed by atoms with E-state index < -0.39 is 0 Å². The van der Waals surface area contributed by atoms with Crippen molar-refractivity contribution >= 4 is 5.91 Å². The van der Waals surface area contributed by atoms with Crippen molar-refractivity contribution in [1.82, 2.24) is 10.2 Å². The van der Waals surface area contributed by atoms with E-state index in [1.165, 1.54) is 19.3 Å². The zero-order chi connectivity index (χ0) is 14.4. The van der Waals surface area contributed by atoms with Crippen LogP contribution < -0.4 is 5.32 Å². The second kappa shape index (κ2) is 7.41. The van der Waals surface area contributed by atoms with Crippen LogP contribution in [0.2, 0.25) is 0 Å². The fourth-order valence-electron chi connectivity index (χ4n) is 3.59. The average molecular weight is 282 g/mol. The SMILES string of the molecule is CNC1(CC(=O)N(C)CC2CCOCC2)CCCCC1. The zero-order valence-corrected chi connectivity index (χ0v) is 13.1. The van der Waals surface area contributed by atoms with E-state index in [0.717, 1.165) is 45.4 Å². The number of nitrogens with zero attached hydrogens (tertiary/aromatic N) is 1. The minimum Gasteiger partial charge on any atom is -0.381 e. The van der Waals surface area contributed by atoms with Gasteiger partial charge in [-0.1, -0.05) is 19.3 Å². The summed E-state index contributed by atoms with van der Waals surface area (Å²) < 4.78 is 5.38. The molecule has 4 heteroatoms. The molecule has 4 nitrogen and oxygen atoms in total. The van der Waals surface area contributed by atoms with E-state index >= 15 is 0 Å². The van der Waals surface area contributed by atoms with Gasteiger partial charge in [0.05, 0.1) is 0 Å². The van der Waals surface area contributed by atoms with Crippen LogP contribution in [0.4, 0.5) is 0 Å². The van der Waals surface area contributed by atoms with Crippen molar-refractivity contribution in [1.29, 1.82) is 0 Å². The molecule has 1 N–H and O–H groups in total. The summed E-state index contributed by atoms with van der Waals surface area (Å²) in [4.78, 5) is 14.5. The number of nitrogens with one attached hydrogen (secondary N) is 1. The van der Waals surface area contributed by atoms with Crippen molar-refractivity contribution < 1.29 is 9.53 Å². The molecule has 1 amide bonds. The normalized spacial score (nSPS) is 23.5. The van der Waals surface area contributed by atoms with Crippen LogP contribution >= 0.6 is 0 Å². The Balaban J connectivity index is 1.82. The molecule has 2 rings (SSSR count). The molecule has 20 heavy (non-hydrogen) atoms. The summed E-state index contributed by atoms with van der Waals surface area (Å²) in [6.45, 7) is 2.60. The Morgan fingerprint density at radius 1 is 1.25 bits per heavy atom. The summed E-state index contributed by atoms with van der Waals surface area (Å²) in [7, 11) is 3.97. The number of ether oxygens (including phenoxy) is 1. The minimum atomic E-state index is 0.0548. The number of rotatable bonds is 5. The van der Waals surface area contributed by atoms with E-state index in [-0.39, 0.29) is 5.54 Å². The van der Waals surface area contributed by atoms with Gasteiger partial charge in [-0.15, -0.1) is 0 Å². The molecule has 0 radical (unpaired) electrons. The molecule has 0 aromatic heterocycles. The Bertz CT molecular complexity index is 308. The third-order valence-electron chi connectivity index (χ3n) is 5.13. The van der Waals surface area contributed by atoms with E-state index in [1.807, 2.05) is 19.0 Å². The van der Waals surface area contributed by atoms with Crippen molar-refractivity contribution in [3.8, 4) is 0 Å². The topological polar surface area (TPSA) is 41.6 Å². The highest BCUT2D eigenvalue weighted by Gasteiger charge is 2.33. The number of carbonyl (C=O) groups excluding carboxylic acids is 1. The molecule has 0 aromatic rings. The maximum absolute atomic E-state index is 12.5. The molecule has 1 aliphatic heterocycles. The highest BCUT2D eigenvalue weighted by Crippen LogP contribution is 2.31. The number of amides is 1. The lowest BCUT2D eigenvalue weighted by Gasteiger charge is -2.38. The van der Waals surface area contributed by atoms with Crippen LogP contribution in [0, 0.1) is 5.92 Å². The molecular formula is C16H30N2O2. The van der Waals surface area contributed by atoms with Crippen LogP contribution in [0.15, 0.2) is 0 Å². The number of carbonyl (C=O) groups is 1. The fourth-order valence-corrected chi connectivity index (χ4v) is 3.59. The van der Waals surface area contributed by atoms with E-state index in [1.54, 1.807) is 0 Å². The minimum absolute atomic E-state index is 0.0548. The molecular weight excluding hydrogens is 252 g/mol. The summed E-state index contributed by atoms with van der Waals surface area (Å²) >= 11 is 0. The third kappa shape index (κ3) is 4.19. The lowest BCUT2D eigenvalue weighted by Crippen LogP contribution is -2.49. The molecule has 2 fully saturated rings. The predicted octanol–water partition coefficient (Wildman–Crippen LogP) is 2.18. The first-order valence-electron chi connectivity index (χ1n) is 8.16. The number of hydrogen-bond donors (Lipinski definition) is 1. The third-order valence-corrected chi connectivity index (χ3v) is 5.13. The van der Waals surface area contributed by atoms with Crippen molar-refractivity contribution in [2.75, 3.05) is 33.9 Å². The first-order chi connectivity index (χ1) is 9.65. The molecule has 0 spiro atoms. The summed E-state index contributed by atoms with van der Waals surface area (Å²) in [6.07, 6.45) is 8.93. The average Bonchev–Trinajstić information content (AvgIpc) is 2.49. The summed E-state index contributed by atoms with van der Waals surface area (Å²) in [5.41, 5.74) is 0.0548. The molecule has 116 valence electrons. The molecule has 0 unspecified atom stereocenters. The van der Waals surface area contributed by atoms with Gasteiger partial charge in [0.25, 0.3) is 0 Å². The highest BCUT2D eigenvalue weighted by atomic mass is 16.5. The van der Waals surface area contributed by atoms with Crippen LogP contribution in [-0.4, -0.2) is 50.2 Å². The van der Waals surface area contributed by atoms with Gasteiger partial charge in [-0.3, -0.25) is 4.79 Å². The molecule has 0 aromatic carbocycles. The van der Waals surface area contributed by atoms with E-state index in [4.69, 9.17) is 4.74 Å². The van der Waals surface area contributed by atoms with E-state index in [0.29, 0.717) is 18.2 Å². The molecule has 1 saturated carbocycles. The second-order valence-corrected chi connectivity index (χ2v) is 6.60. The number of hydrogen-bond acceptors (Lipinski definition) is 3. The fraction of sp³-hybridized carbons (Fsp3) is 0.938. The smallest absolute Gasteiger partial charge is 0.224 e. The van der Waals surface area contributed by atoms with Gasteiger partial charge >= 0.3 is 0 Å². The molecule has 2 aliphatic rings. The predicted molar refractivity (Wildman–Crippen MR) is 80.7 cm³/mol. The summed E-state index contributed by atoms with van der Waals surface area (Å²) in [6, 6.07) is 0. The van der Waals surface area contributed by atoms with Crippen LogP contribution in [-0.2, 0) is 9.53 Å². The van der Waals surface area contributed by atoms with Crippen molar-refractivity contribution in [2.45, 2.75) is 56.9 Å². The molecule has 1 saturated heterocycles. The largest absolute Gasteiger partial charge is 0.381 e. The molecule has 0 bridgehead atoms. The lowest BCUT2D eigenvalue weighted by molar-refractivity contribution is -0.132. The van der Waals surface area contributed by atoms with Gasteiger partial charge in [0.1, 0.15) is 0 Å². The van der Waals surface area contributed by atoms with Gasteiger partial charge < -0.3 is 15.0 Å². The van der Waals surface area contributed by atoms with Crippen LogP contribution in [0.3, 0.4) is 0 Å². The van der Waals surface area contributed by atoms with Gasteiger partial charge in [0.2, 0.25) is 5.91 Å². The second-order valence-electron chi connectivity index (χ2n) is 6.60. The van der Waals surface area contributed by atoms with E-state index in [2.05, 4.69) is 5.32 Å². The lowest BCUT2D eigenvalue weighted by atomic mass is 9.79. The van der Waals surface area contributed by atoms with Gasteiger partial charge in [-0.2, -0.15) is 0 Å². The summed E-state index contributed by atoms with van der Waals surface area (Å²) in [5.74, 6) is 0.919. The Morgan fingerprint density at radius 2 is 1.90 bits per heavy atom. The van der Waals surface area contributed by atoms with Crippen LogP contribution in [0.1, 0.15) is 51.4 Å².